The fourth-order valence-corrected chi connectivity index (χ4v) is 2.98. The second-order valence-electron chi connectivity index (χ2n) is 6.01. The third-order valence-electron chi connectivity index (χ3n) is 4.33. The number of aromatic nitrogens is 5. The Balaban J connectivity index is 1.91. The van der Waals surface area contributed by atoms with Crippen LogP contribution in [0.15, 0.2) is 18.5 Å². The molecule has 0 bridgehead atoms. The molecule has 3 heterocycles. The summed E-state index contributed by atoms with van der Waals surface area (Å²) in [6.07, 6.45) is 3.50. The van der Waals surface area contributed by atoms with Crippen molar-refractivity contribution >= 4 is 16.9 Å². The number of nitrogens with zero attached hydrogens (tertiary/aromatic N) is 5. The van der Waals surface area contributed by atoms with Crippen LogP contribution in [0.5, 0.6) is 0 Å². The fourth-order valence-electron chi connectivity index (χ4n) is 2.98. The Kier molecular flexibility index (Phi) is 4.09. The molecule has 0 aliphatic heterocycles. The van der Waals surface area contributed by atoms with Gasteiger partial charge in [0.2, 0.25) is 0 Å². The molecule has 0 aliphatic rings. The van der Waals surface area contributed by atoms with Gasteiger partial charge in [0.1, 0.15) is 0 Å². The first-order chi connectivity index (χ1) is 11.4. The average molecular weight is 326 g/mol. The molecule has 7 heteroatoms. The summed E-state index contributed by atoms with van der Waals surface area (Å²) >= 11 is 0. The van der Waals surface area contributed by atoms with Gasteiger partial charge in [-0.1, -0.05) is 0 Å². The van der Waals surface area contributed by atoms with Crippen LogP contribution in [0.25, 0.3) is 11.0 Å². The van der Waals surface area contributed by atoms with Crippen LogP contribution in [0.1, 0.15) is 47.2 Å². The van der Waals surface area contributed by atoms with E-state index in [4.69, 9.17) is 0 Å². The number of amides is 1. The molecule has 0 saturated heterocycles. The predicted molar refractivity (Wildman–Crippen MR) is 91.8 cm³/mol. The van der Waals surface area contributed by atoms with E-state index < -0.39 is 0 Å². The quantitative estimate of drug-likeness (QED) is 0.798. The average Bonchev–Trinajstić information content (AvgIpc) is 3.10. The minimum Gasteiger partial charge on any atom is -0.345 e. The SMILES string of the molecule is CCn1ncc(C(C)NC(=O)c2cc(C)nc3c2cnn3C)c1C. The molecule has 0 radical (unpaired) electrons. The predicted octanol–water partition coefficient (Wildman–Crippen LogP) is 2.29. The van der Waals surface area contributed by atoms with E-state index in [9.17, 15) is 4.79 Å². The molecule has 3 rings (SSSR count). The third-order valence-corrected chi connectivity index (χ3v) is 4.33. The largest absolute Gasteiger partial charge is 0.345 e. The first-order valence-corrected chi connectivity index (χ1v) is 8.04. The number of hydrogen-bond acceptors (Lipinski definition) is 4. The molecule has 0 fully saturated rings. The van der Waals surface area contributed by atoms with E-state index in [1.54, 1.807) is 16.9 Å². The highest BCUT2D eigenvalue weighted by atomic mass is 16.1. The molecule has 1 atom stereocenters. The molecular formula is C17H22N6O. The number of carbonyl (C=O) groups excluding carboxylic acids is 1. The van der Waals surface area contributed by atoms with Crippen LogP contribution in [-0.4, -0.2) is 30.5 Å². The minimum absolute atomic E-state index is 0.127. The number of carbonyl (C=O) groups is 1. The summed E-state index contributed by atoms with van der Waals surface area (Å²) in [6, 6.07) is 1.67. The maximum atomic E-state index is 12.8. The highest BCUT2D eigenvalue weighted by Crippen LogP contribution is 2.21. The van der Waals surface area contributed by atoms with Crippen molar-refractivity contribution in [3.05, 3.63) is 41.0 Å². The summed E-state index contributed by atoms with van der Waals surface area (Å²) in [5.41, 5.74) is 4.20. The van der Waals surface area contributed by atoms with Gasteiger partial charge in [-0.3, -0.25) is 14.2 Å². The number of nitrogens with one attached hydrogen (secondary N) is 1. The van der Waals surface area contributed by atoms with Gasteiger partial charge in [0.15, 0.2) is 5.65 Å². The highest BCUT2D eigenvalue weighted by molar-refractivity contribution is 6.05. The fraction of sp³-hybridized carbons (Fsp3) is 0.412. The van der Waals surface area contributed by atoms with E-state index in [0.29, 0.717) is 11.2 Å². The Morgan fingerprint density at radius 2 is 2.04 bits per heavy atom. The van der Waals surface area contributed by atoms with E-state index >= 15 is 0 Å². The molecule has 1 N–H and O–H groups in total. The van der Waals surface area contributed by atoms with Crippen molar-refractivity contribution in [2.45, 2.75) is 40.3 Å². The van der Waals surface area contributed by atoms with Gasteiger partial charge in [0, 0.05) is 30.5 Å². The van der Waals surface area contributed by atoms with E-state index in [1.807, 2.05) is 45.6 Å². The van der Waals surface area contributed by atoms with Crippen LogP contribution in [0.3, 0.4) is 0 Å². The van der Waals surface area contributed by atoms with Crippen LogP contribution < -0.4 is 5.32 Å². The molecule has 7 nitrogen and oxygen atoms in total. The molecule has 0 aromatic carbocycles. The normalized spacial score (nSPS) is 12.5. The highest BCUT2D eigenvalue weighted by Gasteiger charge is 2.19. The zero-order chi connectivity index (χ0) is 17.4. The lowest BCUT2D eigenvalue weighted by molar-refractivity contribution is 0.0941. The van der Waals surface area contributed by atoms with Gasteiger partial charge in [-0.2, -0.15) is 10.2 Å². The Bertz CT molecular complexity index is 907. The maximum absolute atomic E-state index is 12.8. The minimum atomic E-state index is -0.130. The Labute approximate surface area is 140 Å². The summed E-state index contributed by atoms with van der Waals surface area (Å²) in [5.74, 6) is -0.130. The zero-order valence-electron chi connectivity index (χ0n) is 14.7. The Hall–Kier alpha value is -2.70. The molecule has 24 heavy (non-hydrogen) atoms. The lowest BCUT2D eigenvalue weighted by atomic mass is 10.1. The van der Waals surface area contributed by atoms with Crippen molar-refractivity contribution < 1.29 is 4.79 Å². The number of fused-ring (bicyclic) bond motifs is 1. The molecular weight excluding hydrogens is 304 g/mol. The number of aryl methyl sites for hydroxylation is 3. The standard InChI is InChI=1S/C17H22N6O/c1-6-23-12(4)14(8-19-23)11(3)21-17(24)13-7-10(2)20-16-15(13)9-18-22(16)5/h7-9,11H,6H2,1-5H3,(H,21,24). The van der Waals surface area contributed by atoms with Crippen LogP contribution in [0, 0.1) is 13.8 Å². The maximum Gasteiger partial charge on any atom is 0.252 e. The first-order valence-electron chi connectivity index (χ1n) is 8.04. The van der Waals surface area contributed by atoms with E-state index in [1.165, 1.54) is 0 Å². The molecule has 0 spiro atoms. The van der Waals surface area contributed by atoms with Crippen molar-refractivity contribution in [1.82, 2.24) is 29.9 Å². The Morgan fingerprint density at radius 3 is 2.71 bits per heavy atom. The second kappa shape index (κ2) is 6.07. The van der Waals surface area contributed by atoms with Gasteiger partial charge in [0.25, 0.3) is 5.91 Å². The Morgan fingerprint density at radius 1 is 1.29 bits per heavy atom. The van der Waals surface area contributed by atoms with Crippen LogP contribution in [0.4, 0.5) is 0 Å². The van der Waals surface area contributed by atoms with Gasteiger partial charge in [-0.25, -0.2) is 4.98 Å². The molecule has 1 amide bonds. The summed E-state index contributed by atoms with van der Waals surface area (Å²) in [6.45, 7) is 8.72. The van der Waals surface area contributed by atoms with Gasteiger partial charge < -0.3 is 5.32 Å². The van der Waals surface area contributed by atoms with Gasteiger partial charge in [0.05, 0.1) is 29.4 Å². The number of hydrogen-bond donors (Lipinski definition) is 1. The number of rotatable bonds is 4. The van der Waals surface area contributed by atoms with Crippen LogP contribution in [0.2, 0.25) is 0 Å². The third kappa shape index (κ3) is 2.66. The summed E-state index contributed by atoms with van der Waals surface area (Å²) in [5, 5.41) is 12.4. The molecule has 3 aromatic heterocycles. The summed E-state index contributed by atoms with van der Waals surface area (Å²) in [7, 11) is 1.82. The molecule has 0 saturated carbocycles. The van der Waals surface area contributed by atoms with Crippen molar-refractivity contribution in [1.29, 1.82) is 0 Å². The van der Waals surface area contributed by atoms with Crippen molar-refractivity contribution in [3.8, 4) is 0 Å². The summed E-state index contributed by atoms with van der Waals surface area (Å²) < 4.78 is 3.60. The van der Waals surface area contributed by atoms with Crippen molar-refractivity contribution in [2.24, 2.45) is 7.05 Å². The number of pyridine rings is 1. The van der Waals surface area contributed by atoms with Gasteiger partial charge >= 0.3 is 0 Å². The summed E-state index contributed by atoms with van der Waals surface area (Å²) in [4.78, 5) is 17.2. The van der Waals surface area contributed by atoms with Crippen LogP contribution >= 0.6 is 0 Å². The lowest BCUT2D eigenvalue weighted by Crippen LogP contribution is -2.27. The van der Waals surface area contributed by atoms with Gasteiger partial charge in [-0.05, 0) is 33.8 Å². The topological polar surface area (TPSA) is 77.6 Å². The zero-order valence-corrected chi connectivity index (χ0v) is 14.7. The van der Waals surface area contributed by atoms with E-state index in [2.05, 4.69) is 20.5 Å². The first kappa shape index (κ1) is 16.2. The van der Waals surface area contributed by atoms with Crippen LogP contribution in [-0.2, 0) is 13.6 Å². The second-order valence-corrected chi connectivity index (χ2v) is 6.01. The molecule has 126 valence electrons. The molecule has 0 aliphatic carbocycles. The van der Waals surface area contributed by atoms with E-state index in [-0.39, 0.29) is 11.9 Å². The van der Waals surface area contributed by atoms with Crippen molar-refractivity contribution in [3.63, 3.8) is 0 Å². The monoisotopic (exact) mass is 326 g/mol. The molecule has 1 unspecified atom stereocenters. The van der Waals surface area contributed by atoms with E-state index in [0.717, 1.165) is 28.9 Å². The smallest absolute Gasteiger partial charge is 0.252 e. The molecule has 3 aromatic rings. The van der Waals surface area contributed by atoms with Crippen molar-refractivity contribution in [2.75, 3.05) is 0 Å². The lowest BCUT2D eigenvalue weighted by Gasteiger charge is -2.14. The van der Waals surface area contributed by atoms with Gasteiger partial charge in [-0.15, -0.1) is 0 Å².